The molecule has 0 radical (unpaired) electrons. The van der Waals surface area contributed by atoms with E-state index in [9.17, 15) is 9.59 Å². The predicted octanol–water partition coefficient (Wildman–Crippen LogP) is 2.15. The van der Waals surface area contributed by atoms with Crippen molar-refractivity contribution in [2.24, 2.45) is 11.8 Å². The van der Waals surface area contributed by atoms with Crippen LogP contribution < -0.4 is 16.0 Å². The highest BCUT2D eigenvalue weighted by molar-refractivity contribution is 6.00. The Hall–Kier alpha value is -1.88. The maximum absolute atomic E-state index is 12.2. The molecule has 1 unspecified atom stereocenters. The SMILES string of the molecule is CC(CC(=O)Nc1ccc2c(c1)CC(=O)N2)C1CCNCC1. The number of carbonyl (C=O) groups excluding carboxylic acids is 2. The molecular formula is C17H23N3O2. The Morgan fingerprint density at radius 2 is 2.14 bits per heavy atom. The minimum atomic E-state index is 0.0120. The number of piperidine rings is 1. The first-order chi connectivity index (χ1) is 10.6. The van der Waals surface area contributed by atoms with Crippen molar-refractivity contribution in [3.05, 3.63) is 23.8 Å². The number of hydrogen-bond donors (Lipinski definition) is 3. The van der Waals surface area contributed by atoms with Crippen LogP contribution in [0.5, 0.6) is 0 Å². The quantitative estimate of drug-likeness (QED) is 0.798. The fourth-order valence-corrected chi connectivity index (χ4v) is 3.39. The zero-order valence-electron chi connectivity index (χ0n) is 12.9. The molecule has 0 bridgehead atoms. The topological polar surface area (TPSA) is 70.2 Å². The maximum Gasteiger partial charge on any atom is 0.228 e. The number of rotatable bonds is 4. The highest BCUT2D eigenvalue weighted by atomic mass is 16.2. The van der Waals surface area contributed by atoms with Crippen LogP contribution >= 0.6 is 0 Å². The first kappa shape index (κ1) is 15.0. The molecule has 1 fully saturated rings. The molecule has 22 heavy (non-hydrogen) atoms. The van der Waals surface area contributed by atoms with Crippen molar-refractivity contribution in [2.45, 2.75) is 32.6 Å². The van der Waals surface area contributed by atoms with Gasteiger partial charge in [0.25, 0.3) is 0 Å². The lowest BCUT2D eigenvalue weighted by molar-refractivity contribution is -0.117. The molecule has 5 heteroatoms. The molecule has 0 saturated carbocycles. The largest absolute Gasteiger partial charge is 0.326 e. The third-order valence-electron chi connectivity index (χ3n) is 4.71. The van der Waals surface area contributed by atoms with Gasteiger partial charge in [0.15, 0.2) is 0 Å². The van der Waals surface area contributed by atoms with Crippen LogP contribution in [0.3, 0.4) is 0 Å². The van der Waals surface area contributed by atoms with Crippen LogP contribution in [0.4, 0.5) is 11.4 Å². The first-order valence-corrected chi connectivity index (χ1v) is 8.05. The summed E-state index contributed by atoms with van der Waals surface area (Å²) in [6.45, 7) is 4.28. The highest BCUT2D eigenvalue weighted by Gasteiger charge is 2.22. The van der Waals surface area contributed by atoms with Gasteiger partial charge >= 0.3 is 0 Å². The van der Waals surface area contributed by atoms with Crippen molar-refractivity contribution in [2.75, 3.05) is 23.7 Å². The monoisotopic (exact) mass is 301 g/mol. The number of amides is 2. The lowest BCUT2D eigenvalue weighted by atomic mass is 9.84. The lowest BCUT2D eigenvalue weighted by Crippen LogP contribution is -2.32. The van der Waals surface area contributed by atoms with Gasteiger partial charge in [0.2, 0.25) is 11.8 Å². The number of fused-ring (bicyclic) bond motifs is 1. The molecule has 0 spiro atoms. The second-order valence-corrected chi connectivity index (χ2v) is 6.41. The van der Waals surface area contributed by atoms with Gasteiger partial charge in [-0.2, -0.15) is 0 Å². The van der Waals surface area contributed by atoms with Gasteiger partial charge in [-0.25, -0.2) is 0 Å². The zero-order valence-corrected chi connectivity index (χ0v) is 12.9. The summed E-state index contributed by atoms with van der Waals surface area (Å²) in [6.07, 6.45) is 3.26. The molecular weight excluding hydrogens is 278 g/mol. The zero-order chi connectivity index (χ0) is 15.5. The maximum atomic E-state index is 12.2. The normalized spacial score (nSPS) is 19.4. The molecule has 5 nitrogen and oxygen atoms in total. The smallest absolute Gasteiger partial charge is 0.228 e. The van der Waals surface area contributed by atoms with Crippen molar-refractivity contribution in [1.82, 2.24) is 5.32 Å². The van der Waals surface area contributed by atoms with Crippen molar-refractivity contribution >= 4 is 23.2 Å². The summed E-state index contributed by atoms with van der Waals surface area (Å²) >= 11 is 0. The second kappa shape index (κ2) is 6.48. The van der Waals surface area contributed by atoms with Gasteiger partial charge in [-0.3, -0.25) is 9.59 Å². The van der Waals surface area contributed by atoms with E-state index in [1.807, 2.05) is 18.2 Å². The fourth-order valence-electron chi connectivity index (χ4n) is 3.39. The minimum Gasteiger partial charge on any atom is -0.326 e. The van der Waals surface area contributed by atoms with Crippen LogP contribution in [0.25, 0.3) is 0 Å². The van der Waals surface area contributed by atoms with E-state index in [4.69, 9.17) is 0 Å². The summed E-state index contributed by atoms with van der Waals surface area (Å²) in [4.78, 5) is 23.6. The number of carbonyl (C=O) groups is 2. The summed E-state index contributed by atoms with van der Waals surface area (Å²) < 4.78 is 0. The van der Waals surface area contributed by atoms with E-state index in [0.29, 0.717) is 24.7 Å². The van der Waals surface area contributed by atoms with Gasteiger partial charge in [-0.1, -0.05) is 6.92 Å². The Kier molecular flexibility index (Phi) is 4.43. The molecule has 1 aromatic carbocycles. The van der Waals surface area contributed by atoms with Gasteiger partial charge in [-0.05, 0) is 61.5 Å². The third kappa shape index (κ3) is 3.47. The molecule has 2 aliphatic heterocycles. The van der Waals surface area contributed by atoms with E-state index in [0.717, 1.165) is 42.9 Å². The molecule has 0 aromatic heterocycles. The summed E-state index contributed by atoms with van der Waals surface area (Å²) in [5.41, 5.74) is 2.58. The summed E-state index contributed by atoms with van der Waals surface area (Å²) in [5, 5.41) is 9.11. The Bertz CT molecular complexity index is 579. The third-order valence-corrected chi connectivity index (χ3v) is 4.71. The van der Waals surface area contributed by atoms with Gasteiger partial charge in [0.1, 0.15) is 0 Å². The minimum absolute atomic E-state index is 0.0120. The van der Waals surface area contributed by atoms with E-state index < -0.39 is 0 Å². The van der Waals surface area contributed by atoms with Crippen LogP contribution in [-0.4, -0.2) is 24.9 Å². The van der Waals surface area contributed by atoms with Gasteiger partial charge < -0.3 is 16.0 Å². The summed E-state index contributed by atoms with van der Waals surface area (Å²) in [6, 6.07) is 5.59. The molecule has 3 N–H and O–H groups in total. The molecule has 1 atom stereocenters. The van der Waals surface area contributed by atoms with Gasteiger partial charge in [0.05, 0.1) is 6.42 Å². The molecule has 2 heterocycles. The Balaban J connectivity index is 1.55. The average Bonchev–Trinajstić information content (AvgIpc) is 2.87. The number of hydrogen-bond acceptors (Lipinski definition) is 3. The van der Waals surface area contributed by atoms with Crippen molar-refractivity contribution in [3.8, 4) is 0 Å². The molecule has 1 saturated heterocycles. The van der Waals surface area contributed by atoms with Crippen LogP contribution in [0, 0.1) is 11.8 Å². The Labute approximate surface area is 130 Å². The van der Waals surface area contributed by atoms with Crippen LogP contribution in [-0.2, 0) is 16.0 Å². The number of benzene rings is 1. The lowest BCUT2D eigenvalue weighted by Gasteiger charge is -2.27. The highest BCUT2D eigenvalue weighted by Crippen LogP contribution is 2.27. The molecule has 2 amide bonds. The molecule has 118 valence electrons. The van der Waals surface area contributed by atoms with E-state index in [1.54, 1.807) is 0 Å². The van der Waals surface area contributed by atoms with Crippen LogP contribution in [0.2, 0.25) is 0 Å². The first-order valence-electron chi connectivity index (χ1n) is 8.05. The number of nitrogens with one attached hydrogen (secondary N) is 3. The van der Waals surface area contributed by atoms with E-state index in [1.165, 1.54) is 0 Å². The predicted molar refractivity (Wildman–Crippen MR) is 86.8 cm³/mol. The van der Waals surface area contributed by atoms with Gasteiger partial charge in [0, 0.05) is 17.8 Å². The standard InChI is InChI=1S/C17H23N3O2/c1-11(12-4-6-18-7-5-12)8-16(21)19-14-2-3-15-13(9-14)10-17(22)20-15/h2-3,9,11-12,18H,4-8,10H2,1H3,(H,19,21)(H,20,22). The molecule has 2 aliphatic rings. The van der Waals surface area contributed by atoms with Crippen molar-refractivity contribution in [1.29, 1.82) is 0 Å². The van der Waals surface area contributed by atoms with Gasteiger partial charge in [-0.15, -0.1) is 0 Å². The number of anilines is 2. The fraction of sp³-hybridized carbons (Fsp3) is 0.529. The molecule has 1 aromatic rings. The second-order valence-electron chi connectivity index (χ2n) is 6.41. The average molecular weight is 301 g/mol. The van der Waals surface area contributed by atoms with Crippen molar-refractivity contribution in [3.63, 3.8) is 0 Å². The van der Waals surface area contributed by atoms with E-state index in [2.05, 4.69) is 22.9 Å². The summed E-state index contributed by atoms with van der Waals surface area (Å²) in [5.74, 6) is 1.11. The van der Waals surface area contributed by atoms with E-state index in [-0.39, 0.29) is 11.8 Å². The Morgan fingerprint density at radius 1 is 1.36 bits per heavy atom. The molecule has 3 rings (SSSR count). The van der Waals surface area contributed by atoms with Crippen LogP contribution in [0.15, 0.2) is 18.2 Å². The van der Waals surface area contributed by atoms with Crippen LogP contribution in [0.1, 0.15) is 31.7 Å². The Morgan fingerprint density at radius 3 is 2.91 bits per heavy atom. The van der Waals surface area contributed by atoms with E-state index >= 15 is 0 Å². The van der Waals surface area contributed by atoms with Crippen molar-refractivity contribution < 1.29 is 9.59 Å². The summed E-state index contributed by atoms with van der Waals surface area (Å²) in [7, 11) is 0. The molecule has 0 aliphatic carbocycles.